The second kappa shape index (κ2) is 11.5. The number of aliphatic hydroxyl groups is 1. The molecule has 1 unspecified atom stereocenters. The highest BCUT2D eigenvalue weighted by molar-refractivity contribution is 6.33. The van der Waals surface area contributed by atoms with Crippen molar-refractivity contribution in [3.63, 3.8) is 0 Å². The number of hydrogen-bond donors (Lipinski definition) is 3. The Bertz CT molecular complexity index is 2080. The van der Waals surface area contributed by atoms with E-state index in [1.54, 1.807) is 10.9 Å². The number of pyridine rings is 1. The number of halogens is 6. The molecule has 3 heterocycles. The van der Waals surface area contributed by atoms with Crippen molar-refractivity contribution in [2.75, 3.05) is 20.3 Å². The minimum Gasteiger partial charge on any atom is -0.494 e. The van der Waals surface area contributed by atoms with Crippen molar-refractivity contribution in [2.24, 2.45) is 0 Å². The summed E-state index contributed by atoms with van der Waals surface area (Å²) in [5.41, 5.74) is -7.50. The second-order valence-electron chi connectivity index (χ2n) is 13.6. The van der Waals surface area contributed by atoms with Crippen LogP contribution >= 0.6 is 11.6 Å². The molecule has 0 saturated heterocycles. The molecule has 2 saturated carbocycles. The molecule has 2 amide bonds. The third-order valence-corrected chi connectivity index (χ3v) is 10.0. The number of rotatable bonds is 9. The number of benzene rings is 2. The molecule has 50 heavy (non-hydrogen) atoms. The Balaban J connectivity index is 1.30. The Morgan fingerprint density at radius 2 is 1.88 bits per heavy atom. The van der Waals surface area contributed by atoms with Gasteiger partial charge in [0.15, 0.2) is 11.6 Å². The SMILES string of the molecule is COc1cc(C(=O)NCC(O)(c2cc3c(c(-c4ccc(F)c(F)c4Cl)n2)OC[C@]3(C)C(=O)NC2(C)CC2)C(F)(F)F)cc2cn(C3CC3)nc12. The maximum Gasteiger partial charge on any atom is 0.424 e. The number of carbonyl (C=O) groups excluding carboxylic acids is 2. The molecule has 3 N–H and O–H groups in total. The van der Waals surface area contributed by atoms with Crippen LogP contribution in [-0.4, -0.2) is 63.7 Å². The number of nitrogens with zero attached hydrogens (tertiary/aromatic N) is 3. The first-order chi connectivity index (χ1) is 23.5. The molecule has 0 radical (unpaired) electrons. The molecule has 0 spiro atoms. The van der Waals surface area contributed by atoms with E-state index in [9.17, 15) is 36.6 Å². The maximum absolute atomic E-state index is 15.0. The molecule has 2 aromatic heterocycles. The van der Waals surface area contributed by atoms with Gasteiger partial charge in [-0.25, -0.2) is 13.8 Å². The highest BCUT2D eigenvalue weighted by atomic mass is 35.5. The first-order valence-corrected chi connectivity index (χ1v) is 16.2. The first kappa shape index (κ1) is 34.0. The fraction of sp³-hybridized carbons (Fsp3) is 0.412. The Morgan fingerprint density at radius 3 is 2.52 bits per heavy atom. The molecule has 2 aliphatic carbocycles. The average Bonchev–Trinajstić information content (AvgIpc) is 3.98. The number of alkyl halides is 3. The molecular formula is C34H31ClF5N5O5. The third-order valence-electron chi connectivity index (χ3n) is 9.67. The number of hydrogen-bond acceptors (Lipinski definition) is 7. The van der Waals surface area contributed by atoms with Crippen molar-refractivity contribution in [2.45, 2.75) is 68.3 Å². The van der Waals surface area contributed by atoms with Gasteiger partial charge < -0.3 is 25.2 Å². The van der Waals surface area contributed by atoms with Gasteiger partial charge in [-0.1, -0.05) is 11.6 Å². The minimum absolute atomic E-state index is 0.0587. The third kappa shape index (κ3) is 5.60. The van der Waals surface area contributed by atoms with Gasteiger partial charge in [0.1, 0.15) is 34.7 Å². The summed E-state index contributed by atoms with van der Waals surface area (Å²) in [4.78, 5) is 31.0. The van der Waals surface area contributed by atoms with Gasteiger partial charge in [0, 0.05) is 33.8 Å². The summed E-state index contributed by atoms with van der Waals surface area (Å²) in [5.74, 6) is -4.31. The second-order valence-corrected chi connectivity index (χ2v) is 14.0. The highest BCUT2D eigenvalue weighted by Gasteiger charge is 2.58. The highest BCUT2D eigenvalue weighted by Crippen LogP contribution is 2.50. The summed E-state index contributed by atoms with van der Waals surface area (Å²) in [6.07, 6.45) is -0.477. The lowest BCUT2D eigenvalue weighted by Gasteiger charge is -2.32. The van der Waals surface area contributed by atoms with Gasteiger partial charge >= 0.3 is 6.18 Å². The van der Waals surface area contributed by atoms with Gasteiger partial charge in [-0.05, 0) is 69.9 Å². The Kier molecular flexibility index (Phi) is 7.83. The van der Waals surface area contributed by atoms with E-state index in [0.717, 1.165) is 25.0 Å². The van der Waals surface area contributed by atoms with Crippen molar-refractivity contribution in [3.05, 3.63) is 70.0 Å². The van der Waals surface area contributed by atoms with Gasteiger partial charge in [0.2, 0.25) is 11.5 Å². The number of ether oxygens (including phenoxy) is 2. The van der Waals surface area contributed by atoms with Crippen LogP contribution in [0.1, 0.15) is 67.2 Å². The molecule has 7 rings (SSSR count). The van der Waals surface area contributed by atoms with Gasteiger partial charge in [-0.2, -0.15) is 18.3 Å². The monoisotopic (exact) mass is 719 g/mol. The van der Waals surface area contributed by atoms with Gasteiger partial charge in [0.05, 0.1) is 30.4 Å². The Hall–Kier alpha value is -4.50. The minimum atomic E-state index is -5.46. The first-order valence-electron chi connectivity index (χ1n) is 15.8. The van der Waals surface area contributed by atoms with Crippen molar-refractivity contribution in [1.82, 2.24) is 25.4 Å². The zero-order valence-corrected chi connectivity index (χ0v) is 27.7. The zero-order chi connectivity index (χ0) is 36.0. The van der Waals surface area contributed by atoms with E-state index in [1.165, 1.54) is 26.2 Å². The molecule has 16 heteroatoms. The van der Waals surface area contributed by atoms with E-state index in [2.05, 4.69) is 20.7 Å². The molecule has 2 aromatic carbocycles. The van der Waals surface area contributed by atoms with Crippen LogP contribution in [-0.2, 0) is 15.8 Å². The number of aromatic nitrogens is 3. The van der Waals surface area contributed by atoms with E-state index >= 15 is 0 Å². The van der Waals surface area contributed by atoms with Crippen molar-refractivity contribution >= 4 is 34.3 Å². The molecule has 0 bridgehead atoms. The van der Waals surface area contributed by atoms with Crippen LogP contribution in [0, 0.1) is 11.6 Å². The largest absolute Gasteiger partial charge is 0.494 e. The number of methoxy groups -OCH3 is 1. The fourth-order valence-corrected chi connectivity index (χ4v) is 6.22. The van der Waals surface area contributed by atoms with Crippen LogP contribution in [0.25, 0.3) is 22.2 Å². The summed E-state index contributed by atoms with van der Waals surface area (Å²) in [5, 5.41) is 20.8. The van der Waals surface area contributed by atoms with Crippen LogP contribution in [0.5, 0.6) is 11.5 Å². The zero-order valence-electron chi connectivity index (χ0n) is 27.0. The number of nitrogens with one attached hydrogen (secondary N) is 2. The van der Waals surface area contributed by atoms with E-state index in [1.807, 2.05) is 6.92 Å². The average molecular weight is 720 g/mol. The smallest absolute Gasteiger partial charge is 0.424 e. The Labute approximate surface area is 286 Å². The molecule has 264 valence electrons. The van der Waals surface area contributed by atoms with Crippen LogP contribution in [0.4, 0.5) is 22.0 Å². The lowest BCUT2D eigenvalue weighted by molar-refractivity contribution is -0.265. The summed E-state index contributed by atoms with van der Waals surface area (Å²) in [7, 11) is 1.37. The molecule has 10 nitrogen and oxygen atoms in total. The summed E-state index contributed by atoms with van der Waals surface area (Å²) in [6, 6.07) is 5.59. The maximum atomic E-state index is 15.0. The van der Waals surface area contributed by atoms with Crippen LogP contribution in [0.2, 0.25) is 5.02 Å². The van der Waals surface area contributed by atoms with Crippen molar-refractivity contribution < 1.29 is 46.1 Å². The van der Waals surface area contributed by atoms with Crippen LogP contribution in [0.3, 0.4) is 0 Å². The summed E-state index contributed by atoms with van der Waals surface area (Å²) >= 11 is 6.13. The van der Waals surface area contributed by atoms with Crippen molar-refractivity contribution in [3.8, 4) is 22.8 Å². The van der Waals surface area contributed by atoms with Crippen LogP contribution in [0.15, 0.2) is 36.5 Å². The number of fused-ring (bicyclic) bond motifs is 2. The lowest BCUT2D eigenvalue weighted by atomic mass is 9.81. The summed E-state index contributed by atoms with van der Waals surface area (Å²) in [6.45, 7) is 1.50. The summed E-state index contributed by atoms with van der Waals surface area (Å²) < 4.78 is 86.7. The lowest BCUT2D eigenvalue weighted by Crippen LogP contribution is -2.52. The molecule has 4 aromatic rings. The standard InChI is InChI=1S/C34H31ClF5N5O5/c1-31(8-9-31)43-30(47)32(2)15-50-28-20(32)12-23(42-27(28)19-6-7-21(36)25(37)24(19)35)33(48,34(38,39)40)14-41-29(46)16-10-17-13-45(18-4-5-18)44-26(17)22(11-16)49-3/h6-7,10-13,18,48H,4-5,8-9,14-15H2,1-3H3,(H,41,46)(H,43,47)/t32-,33?/m0/s1. The normalized spacial score (nSPS) is 20.5. The molecule has 3 aliphatic rings. The molecule has 2 fully saturated rings. The number of carbonyl (C=O) groups is 2. The quantitative estimate of drug-likeness (QED) is 0.146. The molecular weight excluding hydrogens is 689 g/mol. The van der Waals surface area contributed by atoms with Gasteiger partial charge in [-0.15, -0.1) is 0 Å². The van der Waals surface area contributed by atoms with E-state index in [0.29, 0.717) is 29.8 Å². The molecule has 1 aliphatic heterocycles. The van der Waals surface area contributed by atoms with E-state index < -0.39 is 69.1 Å². The van der Waals surface area contributed by atoms with Crippen LogP contribution < -0.4 is 20.1 Å². The number of amides is 2. The Morgan fingerprint density at radius 1 is 1.16 bits per heavy atom. The van der Waals surface area contributed by atoms with Gasteiger partial charge in [0.25, 0.3) is 5.91 Å². The van der Waals surface area contributed by atoms with Crippen molar-refractivity contribution in [1.29, 1.82) is 0 Å². The predicted molar refractivity (Wildman–Crippen MR) is 170 cm³/mol. The fourth-order valence-electron chi connectivity index (χ4n) is 5.98. The topological polar surface area (TPSA) is 128 Å². The van der Waals surface area contributed by atoms with Gasteiger partial charge in [-0.3, -0.25) is 14.3 Å². The van der Waals surface area contributed by atoms with E-state index in [-0.39, 0.29) is 40.8 Å². The molecule has 2 atom stereocenters. The predicted octanol–water partition coefficient (Wildman–Crippen LogP) is 5.87. The van der Waals surface area contributed by atoms with E-state index in [4.69, 9.17) is 21.1 Å².